The summed E-state index contributed by atoms with van der Waals surface area (Å²) in [6.45, 7) is 9.41. The van der Waals surface area contributed by atoms with Crippen molar-refractivity contribution in [2.75, 3.05) is 40.8 Å². The molecule has 122 valence electrons. The normalized spacial score (nSPS) is 13.5. The molecule has 0 radical (unpaired) electrons. The minimum absolute atomic E-state index is 0.307. The van der Waals surface area contributed by atoms with E-state index in [1.165, 1.54) is 0 Å². The van der Waals surface area contributed by atoms with Crippen LogP contribution in [0.5, 0.6) is 0 Å². The number of amides is 1. The van der Waals surface area contributed by atoms with Gasteiger partial charge in [0, 0.05) is 39.4 Å². The van der Waals surface area contributed by atoms with Crippen LogP contribution in [-0.4, -0.2) is 68.0 Å². The van der Waals surface area contributed by atoms with Crippen LogP contribution in [-0.2, 0) is 4.74 Å². The summed E-state index contributed by atoms with van der Waals surface area (Å²) in [4.78, 5) is 19.7. The number of hydrogen-bond acceptors (Lipinski definition) is 5. The largest absolute Gasteiger partial charge is 0.444 e. The number of nitrogens with two attached hydrogens (primary N) is 1. The minimum atomic E-state index is -0.470. The second-order valence-corrected chi connectivity index (χ2v) is 6.24. The van der Waals surface area contributed by atoms with Crippen molar-refractivity contribution >= 4 is 11.8 Å². The molecule has 0 aliphatic rings. The lowest BCUT2D eigenvalue weighted by atomic mass is 10.2. The molecule has 0 spiro atoms. The molecule has 0 atom stereocenters. The van der Waals surface area contributed by atoms with E-state index < -0.39 is 5.60 Å². The Kier molecular flexibility index (Phi) is 8.02. The number of aliphatic imine (C=N–C) groups is 1. The van der Waals surface area contributed by atoms with Crippen molar-refractivity contribution in [2.45, 2.75) is 33.3 Å². The number of rotatable bonds is 6. The highest BCUT2D eigenvalue weighted by atomic mass is 16.6. The molecule has 1 amide bonds. The van der Waals surface area contributed by atoms with E-state index in [2.05, 4.69) is 9.89 Å². The van der Waals surface area contributed by atoms with Gasteiger partial charge in [-0.15, -0.1) is 0 Å². The molecule has 0 saturated heterocycles. The lowest BCUT2D eigenvalue weighted by molar-refractivity contribution is 0.0289. The zero-order valence-electron chi connectivity index (χ0n) is 14.4. The maximum absolute atomic E-state index is 11.8. The van der Waals surface area contributed by atoms with Crippen molar-refractivity contribution in [3.63, 3.8) is 0 Å². The predicted octanol–water partition coefficient (Wildman–Crippen LogP) is 1.72. The third-order valence-corrected chi connectivity index (χ3v) is 2.64. The van der Waals surface area contributed by atoms with Gasteiger partial charge in [-0.3, -0.25) is 9.89 Å². The average molecular weight is 298 g/mol. The molecule has 0 aliphatic heterocycles. The molecule has 0 fully saturated rings. The molecule has 6 heteroatoms. The first-order valence-corrected chi connectivity index (χ1v) is 7.07. The molecule has 2 N–H and O–H groups in total. The molecule has 0 aromatic rings. The Morgan fingerprint density at radius 1 is 1.29 bits per heavy atom. The fourth-order valence-electron chi connectivity index (χ4n) is 1.55. The fourth-order valence-corrected chi connectivity index (χ4v) is 1.55. The number of ether oxygens (including phenoxy) is 1. The summed E-state index contributed by atoms with van der Waals surface area (Å²) in [6, 6.07) is 0. The molecule has 6 nitrogen and oxygen atoms in total. The fraction of sp³-hybridized carbons (Fsp3) is 0.733. The molecule has 0 unspecified atom stereocenters. The number of likely N-dealkylation sites (N-methyl/N-ethyl adjacent to an activating group) is 2. The average Bonchev–Trinajstić information content (AvgIpc) is 2.32. The molecular weight excluding hydrogens is 268 g/mol. The Bertz CT molecular complexity index is 393. The van der Waals surface area contributed by atoms with Crippen LogP contribution >= 0.6 is 0 Å². The molecule has 21 heavy (non-hydrogen) atoms. The van der Waals surface area contributed by atoms with Gasteiger partial charge in [0.2, 0.25) is 0 Å². The van der Waals surface area contributed by atoms with Gasteiger partial charge in [0.15, 0.2) is 0 Å². The Morgan fingerprint density at radius 3 is 2.29 bits per heavy atom. The van der Waals surface area contributed by atoms with Crippen LogP contribution in [0, 0.1) is 0 Å². The molecule has 0 rings (SSSR count). The third kappa shape index (κ3) is 9.90. The first-order valence-electron chi connectivity index (χ1n) is 7.07. The molecule has 0 bridgehead atoms. The van der Waals surface area contributed by atoms with Gasteiger partial charge in [-0.2, -0.15) is 0 Å². The van der Waals surface area contributed by atoms with Gasteiger partial charge >= 0.3 is 6.09 Å². The number of allylic oxidation sites excluding steroid dienone is 1. The van der Waals surface area contributed by atoms with Crippen LogP contribution in [0.4, 0.5) is 4.79 Å². The summed E-state index contributed by atoms with van der Waals surface area (Å²) in [5.41, 5.74) is 6.83. The number of hydrogen-bond donors (Lipinski definition) is 1. The SMILES string of the molecule is CN=C(C=C(C)N)CN(C)CCN(C)C(=O)OC(C)(C)C. The predicted molar refractivity (Wildman–Crippen MR) is 87.7 cm³/mol. The van der Waals surface area contributed by atoms with Gasteiger partial charge in [0.1, 0.15) is 5.60 Å². The molecule has 0 aliphatic carbocycles. The van der Waals surface area contributed by atoms with Crippen LogP contribution in [0.2, 0.25) is 0 Å². The van der Waals surface area contributed by atoms with E-state index in [9.17, 15) is 4.79 Å². The van der Waals surface area contributed by atoms with Gasteiger partial charge in [0.05, 0.1) is 5.71 Å². The number of nitrogens with zero attached hydrogens (tertiary/aromatic N) is 3. The maximum Gasteiger partial charge on any atom is 0.410 e. The van der Waals surface area contributed by atoms with E-state index in [1.54, 1.807) is 19.0 Å². The van der Waals surface area contributed by atoms with E-state index in [0.717, 1.165) is 18.0 Å². The van der Waals surface area contributed by atoms with Crippen molar-refractivity contribution in [3.05, 3.63) is 11.8 Å². The van der Waals surface area contributed by atoms with Gasteiger partial charge in [0.25, 0.3) is 0 Å². The zero-order chi connectivity index (χ0) is 16.6. The summed E-state index contributed by atoms with van der Waals surface area (Å²) >= 11 is 0. The lowest BCUT2D eigenvalue weighted by Gasteiger charge is -2.26. The minimum Gasteiger partial charge on any atom is -0.444 e. The third-order valence-electron chi connectivity index (χ3n) is 2.64. The Morgan fingerprint density at radius 2 is 1.86 bits per heavy atom. The quantitative estimate of drug-likeness (QED) is 0.758. The Hall–Kier alpha value is -1.56. The summed E-state index contributed by atoms with van der Waals surface area (Å²) in [5, 5.41) is 0. The van der Waals surface area contributed by atoms with Crippen LogP contribution < -0.4 is 5.73 Å². The standard InChI is InChI=1S/C15H30N4O2/c1-12(16)10-13(17-5)11-18(6)8-9-19(7)14(20)21-15(2,3)4/h10H,8-9,11,16H2,1-7H3. The van der Waals surface area contributed by atoms with Crippen molar-refractivity contribution in [1.29, 1.82) is 0 Å². The molecule has 0 aromatic carbocycles. The molecule has 0 aromatic heterocycles. The first kappa shape index (κ1) is 19.4. The van der Waals surface area contributed by atoms with Gasteiger partial charge in [-0.05, 0) is 40.8 Å². The lowest BCUT2D eigenvalue weighted by Crippen LogP contribution is -2.39. The first-order chi connectivity index (χ1) is 9.55. The zero-order valence-corrected chi connectivity index (χ0v) is 14.4. The number of carbonyl (C=O) groups is 1. The highest BCUT2D eigenvalue weighted by molar-refractivity contribution is 5.96. The van der Waals surface area contributed by atoms with Crippen LogP contribution in [0.1, 0.15) is 27.7 Å². The summed E-state index contributed by atoms with van der Waals surface area (Å²) in [7, 11) is 5.46. The van der Waals surface area contributed by atoms with E-state index in [4.69, 9.17) is 10.5 Å². The van der Waals surface area contributed by atoms with Crippen molar-refractivity contribution in [2.24, 2.45) is 10.7 Å². The van der Waals surface area contributed by atoms with Gasteiger partial charge in [-0.25, -0.2) is 4.79 Å². The number of carbonyl (C=O) groups excluding carboxylic acids is 1. The molecule has 0 saturated carbocycles. The molecular formula is C15H30N4O2. The van der Waals surface area contributed by atoms with Crippen LogP contribution in [0.3, 0.4) is 0 Å². The maximum atomic E-state index is 11.8. The van der Waals surface area contributed by atoms with Crippen molar-refractivity contribution in [3.8, 4) is 0 Å². The second-order valence-electron chi connectivity index (χ2n) is 6.24. The summed E-state index contributed by atoms with van der Waals surface area (Å²) in [6.07, 6.45) is 1.55. The van der Waals surface area contributed by atoms with Crippen molar-refractivity contribution in [1.82, 2.24) is 9.80 Å². The second kappa shape index (κ2) is 8.67. The smallest absolute Gasteiger partial charge is 0.410 e. The van der Waals surface area contributed by atoms with Gasteiger partial charge < -0.3 is 15.4 Å². The van der Waals surface area contributed by atoms with E-state index >= 15 is 0 Å². The highest BCUT2D eigenvalue weighted by Crippen LogP contribution is 2.08. The Balaban J connectivity index is 4.27. The van der Waals surface area contributed by atoms with Crippen LogP contribution in [0.25, 0.3) is 0 Å². The van der Waals surface area contributed by atoms with Crippen LogP contribution in [0.15, 0.2) is 16.8 Å². The summed E-state index contributed by atoms with van der Waals surface area (Å²) < 4.78 is 5.31. The van der Waals surface area contributed by atoms with E-state index in [0.29, 0.717) is 13.1 Å². The monoisotopic (exact) mass is 298 g/mol. The Labute approximate surface area is 128 Å². The highest BCUT2D eigenvalue weighted by Gasteiger charge is 2.19. The topological polar surface area (TPSA) is 71.2 Å². The van der Waals surface area contributed by atoms with Crippen molar-refractivity contribution < 1.29 is 9.53 Å². The van der Waals surface area contributed by atoms with E-state index in [-0.39, 0.29) is 6.09 Å². The van der Waals surface area contributed by atoms with E-state index in [1.807, 2.05) is 40.8 Å². The molecule has 0 heterocycles. The summed E-state index contributed by atoms with van der Waals surface area (Å²) in [5.74, 6) is 0. The van der Waals surface area contributed by atoms with Gasteiger partial charge in [-0.1, -0.05) is 0 Å².